The molecule has 18 heavy (non-hydrogen) atoms. The van der Waals surface area contributed by atoms with Crippen LogP contribution in [-0.4, -0.2) is 16.7 Å². The Hall–Kier alpha value is -1.64. The van der Waals surface area contributed by atoms with Crippen LogP contribution in [0.4, 0.5) is 27.6 Å². The van der Waals surface area contributed by atoms with Gasteiger partial charge < -0.3 is 4.74 Å². The van der Waals surface area contributed by atoms with Crippen LogP contribution in [0.25, 0.3) is 0 Å². The van der Waals surface area contributed by atoms with E-state index in [0.29, 0.717) is 0 Å². The highest BCUT2D eigenvalue weighted by Gasteiger charge is 2.43. The number of hydrogen-bond donors (Lipinski definition) is 0. The molecule has 0 spiro atoms. The summed E-state index contributed by atoms with van der Waals surface area (Å²) in [6.07, 6.45) is -4.62. The van der Waals surface area contributed by atoms with E-state index in [1.54, 1.807) is 0 Å². The normalized spacial score (nSPS) is 13.2. The highest BCUT2D eigenvalue weighted by molar-refractivity contribution is 6.20. The summed E-state index contributed by atoms with van der Waals surface area (Å²) in [7, 11) is 0. The molecule has 0 aliphatic heterocycles. The Bertz CT molecular complexity index is 482. The Kier molecular flexibility index (Phi) is 3.95. The zero-order valence-electron chi connectivity index (χ0n) is 8.17. The SMILES string of the molecule is O=[N+]([O-])c1cc(OC(F)(F)C(F)Cl)c(F)cc1F. The summed E-state index contributed by atoms with van der Waals surface area (Å²) >= 11 is 4.43. The minimum atomic E-state index is -4.62. The maximum absolute atomic E-state index is 13.0. The first-order chi connectivity index (χ1) is 8.15. The number of hydrogen-bond acceptors (Lipinski definition) is 3. The molecule has 0 aromatic heterocycles. The Labute approximate surface area is 101 Å². The van der Waals surface area contributed by atoms with E-state index in [2.05, 4.69) is 16.3 Å². The molecule has 0 N–H and O–H groups in total. The highest BCUT2D eigenvalue weighted by Crippen LogP contribution is 2.33. The molecule has 1 unspecified atom stereocenters. The van der Waals surface area contributed by atoms with Crippen molar-refractivity contribution in [3.05, 3.63) is 33.9 Å². The molecular formula is C8H3ClF5NO3. The van der Waals surface area contributed by atoms with Gasteiger partial charge in [-0.3, -0.25) is 10.1 Å². The monoisotopic (exact) mass is 291 g/mol. The van der Waals surface area contributed by atoms with Gasteiger partial charge in [-0.2, -0.15) is 13.2 Å². The van der Waals surface area contributed by atoms with Crippen LogP contribution in [0.3, 0.4) is 0 Å². The van der Waals surface area contributed by atoms with Crippen LogP contribution in [-0.2, 0) is 0 Å². The number of nitro benzene ring substituents is 1. The van der Waals surface area contributed by atoms with Crippen molar-refractivity contribution in [1.29, 1.82) is 0 Å². The van der Waals surface area contributed by atoms with Crippen molar-refractivity contribution < 1.29 is 31.6 Å². The molecule has 1 atom stereocenters. The Morgan fingerprint density at radius 2 is 1.89 bits per heavy atom. The van der Waals surface area contributed by atoms with E-state index in [9.17, 15) is 32.1 Å². The first-order valence-corrected chi connectivity index (χ1v) is 4.57. The van der Waals surface area contributed by atoms with Crippen molar-refractivity contribution in [3.8, 4) is 5.75 Å². The molecule has 0 saturated heterocycles. The maximum atomic E-state index is 13.0. The summed E-state index contributed by atoms with van der Waals surface area (Å²) in [5, 5.41) is 10.3. The number of halogens is 6. The van der Waals surface area contributed by atoms with Crippen LogP contribution in [0.15, 0.2) is 12.1 Å². The fourth-order valence-corrected chi connectivity index (χ4v) is 0.972. The third kappa shape index (κ3) is 2.97. The fourth-order valence-electron chi connectivity index (χ4n) is 0.928. The lowest BCUT2D eigenvalue weighted by molar-refractivity contribution is -0.387. The smallest absolute Gasteiger partial charge is 0.426 e. The molecule has 1 aromatic carbocycles. The van der Waals surface area contributed by atoms with Crippen LogP contribution in [0, 0.1) is 21.7 Å². The van der Waals surface area contributed by atoms with Crippen molar-refractivity contribution in [2.75, 3.05) is 0 Å². The van der Waals surface area contributed by atoms with Crippen molar-refractivity contribution in [2.24, 2.45) is 0 Å². The Balaban J connectivity index is 3.18. The molecule has 0 fully saturated rings. The van der Waals surface area contributed by atoms with Gasteiger partial charge in [-0.05, 0) is 0 Å². The molecule has 1 rings (SSSR count). The highest BCUT2D eigenvalue weighted by atomic mass is 35.5. The molecule has 0 heterocycles. The minimum Gasteiger partial charge on any atom is -0.426 e. The molecule has 0 bridgehead atoms. The van der Waals surface area contributed by atoms with Crippen molar-refractivity contribution in [1.82, 2.24) is 0 Å². The molecule has 1 aromatic rings. The number of benzene rings is 1. The number of alkyl halides is 4. The van der Waals surface area contributed by atoms with E-state index < -0.39 is 39.7 Å². The summed E-state index contributed by atoms with van der Waals surface area (Å²) in [4.78, 5) is 9.00. The van der Waals surface area contributed by atoms with Gasteiger partial charge in [0.15, 0.2) is 11.6 Å². The first kappa shape index (κ1) is 14.4. The molecule has 0 radical (unpaired) electrons. The quantitative estimate of drug-likeness (QED) is 0.370. The number of nitrogens with zero attached hydrogens (tertiary/aromatic N) is 1. The number of nitro groups is 1. The third-order valence-electron chi connectivity index (χ3n) is 1.70. The molecule has 0 saturated carbocycles. The van der Waals surface area contributed by atoms with Crippen LogP contribution in [0.1, 0.15) is 0 Å². The van der Waals surface area contributed by atoms with E-state index in [0.717, 1.165) is 0 Å². The van der Waals surface area contributed by atoms with Gasteiger partial charge in [-0.15, -0.1) is 0 Å². The second-order valence-corrected chi connectivity index (χ2v) is 3.34. The van der Waals surface area contributed by atoms with Gasteiger partial charge in [-0.25, -0.2) is 8.78 Å². The second-order valence-electron chi connectivity index (χ2n) is 2.96. The maximum Gasteiger partial charge on any atom is 0.444 e. The third-order valence-corrected chi connectivity index (χ3v) is 1.95. The fraction of sp³-hybridized carbons (Fsp3) is 0.250. The standard InChI is InChI=1S/C8H3ClF5NO3/c9-7(12)8(13,14)18-6-2-5(15(16)17)3(10)1-4(6)11/h1-2,7H. The summed E-state index contributed by atoms with van der Waals surface area (Å²) in [6.45, 7) is 0. The topological polar surface area (TPSA) is 52.4 Å². The minimum absolute atomic E-state index is 0.0367. The molecule has 4 nitrogen and oxygen atoms in total. The van der Waals surface area contributed by atoms with Crippen LogP contribution in [0.5, 0.6) is 5.75 Å². The molecule has 10 heteroatoms. The Morgan fingerprint density at radius 1 is 1.33 bits per heavy atom. The first-order valence-electron chi connectivity index (χ1n) is 4.13. The van der Waals surface area contributed by atoms with Crippen LogP contribution >= 0.6 is 11.6 Å². The van der Waals surface area contributed by atoms with Gasteiger partial charge in [0.2, 0.25) is 5.82 Å². The lowest BCUT2D eigenvalue weighted by Crippen LogP contribution is -2.33. The molecule has 100 valence electrons. The van der Waals surface area contributed by atoms with Crippen molar-refractivity contribution in [3.63, 3.8) is 0 Å². The molecule has 0 aliphatic carbocycles. The largest absolute Gasteiger partial charge is 0.444 e. The number of rotatable bonds is 4. The molecular weight excluding hydrogens is 289 g/mol. The number of ether oxygens (including phenoxy) is 1. The summed E-state index contributed by atoms with van der Waals surface area (Å²) in [5.74, 6) is -4.64. The lowest BCUT2D eigenvalue weighted by Gasteiger charge is -2.17. The average molecular weight is 292 g/mol. The summed E-state index contributed by atoms with van der Waals surface area (Å²) in [5.41, 5.74) is -4.60. The van der Waals surface area contributed by atoms with Gasteiger partial charge >= 0.3 is 11.8 Å². The van der Waals surface area contributed by atoms with Crippen LogP contribution in [0.2, 0.25) is 0 Å². The van der Waals surface area contributed by atoms with Crippen LogP contribution < -0.4 is 4.74 Å². The predicted octanol–water partition coefficient (Wildman–Crippen LogP) is 3.38. The van der Waals surface area contributed by atoms with Crippen molar-refractivity contribution in [2.45, 2.75) is 11.7 Å². The van der Waals surface area contributed by atoms with Gasteiger partial charge in [0.25, 0.3) is 5.63 Å². The zero-order chi connectivity index (χ0) is 14.1. The van der Waals surface area contributed by atoms with Gasteiger partial charge in [0.05, 0.1) is 11.0 Å². The predicted molar refractivity (Wildman–Crippen MR) is 49.3 cm³/mol. The van der Waals surface area contributed by atoms with E-state index in [-0.39, 0.29) is 12.1 Å². The van der Waals surface area contributed by atoms with Crippen molar-refractivity contribution >= 4 is 17.3 Å². The second kappa shape index (κ2) is 4.92. The van der Waals surface area contributed by atoms with E-state index in [4.69, 9.17) is 0 Å². The van der Waals surface area contributed by atoms with Gasteiger partial charge in [0.1, 0.15) is 0 Å². The molecule has 0 amide bonds. The lowest BCUT2D eigenvalue weighted by atomic mass is 10.3. The molecule has 0 aliphatic rings. The van der Waals surface area contributed by atoms with E-state index >= 15 is 0 Å². The van der Waals surface area contributed by atoms with Gasteiger partial charge in [0, 0.05) is 6.07 Å². The van der Waals surface area contributed by atoms with E-state index in [1.165, 1.54) is 0 Å². The summed E-state index contributed by atoms with van der Waals surface area (Å²) < 4.78 is 67.0. The Morgan fingerprint density at radius 3 is 2.33 bits per heavy atom. The van der Waals surface area contributed by atoms with E-state index in [1.807, 2.05) is 0 Å². The summed E-state index contributed by atoms with van der Waals surface area (Å²) in [6, 6.07) is 0.0306. The van der Waals surface area contributed by atoms with Gasteiger partial charge in [-0.1, -0.05) is 11.6 Å². The zero-order valence-corrected chi connectivity index (χ0v) is 8.93. The average Bonchev–Trinajstić information content (AvgIpc) is 2.21.